The standard InChI is InChI=1S/C24H34FN7O2/c25-10-14-31(20-7-3-19(26)4-8-20)17-18-1-5-21(6-2-18)32-13-9-22(29-24(32)34)28-23(33)30-15-11-27-12-16-30/h1-2,5-6,9,13,19-20,27H,3-4,7-8,10-12,14-17,26H2,(H,28,29,33,34)/t19-,20-. The molecule has 2 fully saturated rings. The first-order chi connectivity index (χ1) is 16.5. The Morgan fingerprint density at radius 2 is 1.85 bits per heavy atom. The summed E-state index contributed by atoms with van der Waals surface area (Å²) in [4.78, 5) is 32.8. The number of nitrogens with one attached hydrogen (secondary N) is 2. The third-order valence-corrected chi connectivity index (χ3v) is 6.67. The molecule has 1 aliphatic carbocycles. The van der Waals surface area contributed by atoms with Crippen molar-refractivity contribution in [1.82, 2.24) is 24.7 Å². The molecular formula is C24H34FN7O2. The SMILES string of the molecule is N[C@H]1CC[C@H](N(CCF)Cc2ccc(-n3ccc(NC(=O)N4CCNCC4)nc3=O)cc2)CC1. The number of hydrogen-bond acceptors (Lipinski definition) is 6. The van der Waals surface area contributed by atoms with E-state index in [4.69, 9.17) is 5.73 Å². The molecule has 0 bridgehead atoms. The average molecular weight is 472 g/mol. The maximum absolute atomic E-state index is 13.2. The van der Waals surface area contributed by atoms with Gasteiger partial charge in [0.25, 0.3) is 0 Å². The summed E-state index contributed by atoms with van der Waals surface area (Å²) >= 11 is 0. The lowest BCUT2D eigenvalue weighted by Crippen LogP contribution is -2.48. The quantitative estimate of drug-likeness (QED) is 0.567. The molecule has 1 aromatic carbocycles. The van der Waals surface area contributed by atoms with Crippen molar-refractivity contribution < 1.29 is 9.18 Å². The number of nitrogens with two attached hydrogens (primary N) is 1. The van der Waals surface area contributed by atoms with Gasteiger partial charge in [-0.25, -0.2) is 14.0 Å². The van der Waals surface area contributed by atoms with E-state index in [1.165, 1.54) is 4.57 Å². The van der Waals surface area contributed by atoms with E-state index >= 15 is 0 Å². The highest BCUT2D eigenvalue weighted by molar-refractivity contribution is 5.88. The number of halogens is 1. The summed E-state index contributed by atoms with van der Waals surface area (Å²) in [5.41, 5.74) is 7.30. The number of carbonyl (C=O) groups excluding carboxylic acids is 1. The fourth-order valence-electron chi connectivity index (χ4n) is 4.69. The Labute approximate surface area is 199 Å². The lowest BCUT2D eigenvalue weighted by atomic mass is 9.90. The predicted molar refractivity (Wildman–Crippen MR) is 130 cm³/mol. The molecule has 2 heterocycles. The molecule has 34 heavy (non-hydrogen) atoms. The fourth-order valence-corrected chi connectivity index (χ4v) is 4.69. The molecule has 184 valence electrons. The number of anilines is 1. The van der Waals surface area contributed by atoms with Gasteiger partial charge in [-0.05, 0) is 49.4 Å². The summed E-state index contributed by atoms with van der Waals surface area (Å²) in [6.45, 7) is 3.43. The Kier molecular flexibility index (Phi) is 8.25. The minimum absolute atomic E-state index is 0.232. The number of hydrogen-bond donors (Lipinski definition) is 3. The molecule has 1 saturated heterocycles. The number of urea groups is 1. The van der Waals surface area contributed by atoms with Crippen LogP contribution in [-0.2, 0) is 6.54 Å². The van der Waals surface area contributed by atoms with Gasteiger partial charge >= 0.3 is 11.7 Å². The van der Waals surface area contributed by atoms with Gasteiger partial charge in [0.1, 0.15) is 12.5 Å². The van der Waals surface area contributed by atoms with Crippen LogP contribution in [0.2, 0.25) is 0 Å². The van der Waals surface area contributed by atoms with Crippen molar-refractivity contribution in [2.75, 3.05) is 44.7 Å². The Morgan fingerprint density at radius 1 is 1.15 bits per heavy atom. The summed E-state index contributed by atoms with van der Waals surface area (Å²) in [5.74, 6) is 0.232. The summed E-state index contributed by atoms with van der Waals surface area (Å²) in [7, 11) is 0. The van der Waals surface area contributed by atoms with Crippen LogP contribution in [0.3, 0.4) is 0 Å². The third-order valence-electron chi connectivity index (χ3n) is 6.67. The topological polar surface area (TPSA) is 109 Å². The largest absolute Gasteiger partial charge is 0.354 e. The molecule has 9 nitrogen and oxygen atoms in total. The van der Waals surface area contributed by atoms with Gasteiger partial charge in [0.05, 0.1) is 5.69 Å². The number of piperazine rings is 1. The van der Waals surface area contributed by atoms with Crippen LogP contribution in [0.15, 0.2) is 41.3 Å². The molecule has 1 aromatic heterocycles. The van der Waals surface area contributed by atoms with E-state index in [9.17, 15) is 14.0 Å². The summed E-state index contributed by atoms with van der Waals surface area (Å²) in [5, 5.41) is 5.89. The van der Waals surface area contributed by atoms with E-state index in [0.29, 0.717) is 37.9 Å². The summed E-state index contributed by atoms with van der Waals surface area (Å²) in [6.07, 6.45) is 5.57. The van der Waals surface area contributed by atoms with Gasteiger partial charge in [0.15, 0.2) is 0 Å². The number of benzene rings is 1. The Hall–Kier alpha value is -2.82. The number of aromatic nitrogens is 2. The highest BCUT2D eigenvalue weighted by atomic mass is 19.1. The van der Waals surface area contributed by atoms with Crippen LogP contribution in [0.25, 0.3) is 5.69 Å². The first-order valence-corrected chi connectivity index (χ1v) is 12.0. The first-order valence-electron chi connectivity index (χ1n) is 12.0. The molecule has 1 aliphatic heterocycles. The van der Waals surface area contributed by atoms with E-state index in [1.54, 1.807) is 17.2 Å². The molecule has 0 atom stereocenters. The van der Waals surface area contributed by atoms with Crippen LogP contribution < -0.4 is 22.1 Å². The van der Waals surface area contributed by atoms with Crippen LogP contribution in [0.1, 0.15) is 31.2 Å². The smallest absolute Gasteiger partial charge is 0.328 e. The van der Waals surface area contributed by atoms with Crippen LogP contribution in [0.4, 0.5) is 15.0 Å². The fraction of sp³-hybridized carbons (Fsp3) is 0.542. The van der Waals surface area contributed by atoms with Crippen LogP contribution in [0.5, 0.6) is 0 Å². The molecule has 2 amide bonds. The number of carbonyl (C=O) groups is 1. The van der Waals surface area contributed by atoms with Crippen molar-refractivity contribution in [2.45, 2.75) is 44.3 Å². The van der Waals surface area contributed by atoms with Gasteiger partial charge < -0.3 is 16.0 Å². The molecule has 2 aromatic rings. The lowest BCUT2D eigenvalue weighted by molar-refractivity contribution is 0.132. The minimum Gasteiger partial charge on any atom is -0.328 e. The number of nitrogens with zero attached hydrogens (tertiary/aromatic N) is 4. The maximum Gasteiger partial charge on any atom is 0.354 e. The zero-order valence-electron chi connectivity index (χ0n) is 19.5. The van der Waals surface area contributed by atoms with Crippen LogP contribution in [0, 0.1) is 0 Å². The van der Waals surface area contributed by atoms with Gasteiger partial charge in [-0.15, -0.1) is 0 Å². The Balaban J connectivity index is 1.39. The minimum atomic E-state index is -0.469. The third kappa shape index (κ3) is 6.19. The second-order valence-electron chi connectivity index (χ2n) is 9.03. The normalized spacial score (nSPS) is 21.0. The van der Waals surface area contributed by atoms with Crippen molar-refractivity contribution in [3.63, 3.8) is 0 Å². The van der Waals surface area contributed by atoms with E-state index in [-0.39, 0.29) is 24.6 Å². The first kappa shape index (κ1) is 24.3. The van der Waals surface area contributed by atoms with E-state index in [1.807, 2.05) is 24.3 Å². The molecule has 4 rings (SSSR count). The zero-order valence-corrected chi connectivity index (χ0v) is 19.5. The second kappa shape index (κ2) is 11.5. The summed E-state index contributed by atoms with van der Waals surface area (Å²) in [6, 6.07) is 9.62. The number of rotatable bonds is 7. The van der Waals surface area contributed by atoms with Crippen molar-refractivity contribution in [1.29, 1.82) is 0 Å². The highest BCUT2D eigenvalue weighted by Crippen LogP contribution is 2.24. The van der Waals surface area contributed by atoms with Gasteiger partial charge in [0, 0.05) is 57.5 Å². The van der Waals surface area contributed by atoms with Crippen LogP contribution >= 0.6 is 0 Å². The molecule has 2 aliphatic rings. The summed E-state index contributed by atoms with van der Waals surface area (Å²) < 4.78 is 14.6. The van der Waals surface area contributed by atoms with Crippen molar-refractivity contribution in [3.05, 3.63) is 52.6 Å². The second-order valence-corrected chi connectivity index (χ2v) is 9.03. The van der Waals surface area contributed by atoms with Crippen molar-refractivity contribution >= 4 is 11.8 Å². The molecule has 0 spiro atoms. The Bertz CT molecular complexity index is 999. The highest BCUT2D eigenvalue weighted by Gasteiger charge is 2.24. The molecule has 0 radical (unpaired) electrons. The van der Waals surface area contributed by atoms with E-state index in [0.717, 1.165) is 44.3 Å². The molecule has 1 saturated carbocycles. The average Bonchev–Trinajstić information content (AvgIpc) is 2.85. The monoisotopic (exact) mass is 471 g/mol. The number of alkyl halides is 1. The lowest BCUT2D eigenvalue weighted by Gasteiger charge is -2.35. The zero-order chi connectivity index (χ0) is 23.9. The predicted octanol–water partition coefficient (Wildman–Crippen LogP) is 1.71. The van der Waals surface area contributed by atoms with E-state index in [2.05, 4.69) is 20.5 Å². The van der Waals surface area contributed by atoms with Gasteiger partial charge in [-0.3, -0.25) is 14.8 Å². The van der Waals surface area contributed by atoms with Gasteiger partial charge in [0.2, 0.25) is 0 Å². The molecule has 0 unspecified atom stereocenters. The van der Waals surface area contributed by atoms with Crippen molar-refractivity contribution in [3.8, 4) is 5.69 Å². The van der Waals surface area contributed by atoms with E-state index < -0.39 is 5.69 Å². The molecule has 4 N–H and O–H groups in total. The molecular weight excluding hydrogens is 437 g/mol. The van der Waals surface area contributed by atoms with Gasteiger partial charge in [-0.1, -0.05) is 12.1 Å². The molecule has 10 heteroatoms. The van der Waals surface area contributed by atoms with Crippen LogP contribution in [-0.4, -0.2) is 76.9 Å². The van der Waals surface area contributed by atoms with Crippen molar-refractivity contribution in [2.24, 2.45) is 5.73 Å². The Morgan fingerprint density at radius 3 is 2.50 bits per heavy atom. The maximum atomic E-state index is 13.2. The van der Waals surface area contributed by atoms with Gasteiger partial charge in [-0.2, -0.15) is 4.98 Å². The number of amides is 2.